The number of aromatic nitrogens is 2. The maximum absolute atomic E-state index is 10.5. The topological polar surface area (TPSA) is 45.8 Å². The van der Waals surface area contributed by atoms with Crippen LogP contribution in [-0.2, 0) is 0 Å². The van der Waals surface area contributed by atoms with Gasteiger partial charge in [0.25, 0.3) is 5.56 Å². The first-order valence-electron chi connectivity index (χ1n) is 2.10. The second-order valence-electron chi connectivity index (χ2n) is 1.35. The van der Waals surface area contributed by atoms with Gasteiger partial charge in [0.05, 0.1) is 6.20 Å². The monoisotopic (exact) mass is 187 g/mol. The van der Waals surface area contributed by atoms with Gasteiger partial charge in [-0.15, -0.1) is 0 Å². The van der Waals surface area contributed by atoms with E-state index < -0.39 is 5.56 Å². The number of H-pyrrole nitrogens is 1. The van der Waals surface area contributed by atoms with Gasteiger partial charge in [-0.25, -0.2) is 4.98 Å². The summed E-state index contributed by atoms with van der Waals surface area (Å²) in [4.78, 5) is 16.3. The molecule has 0 bridgehead atoms. The quantitative estimate of drug-likeness (QED) is 0.481. The molecule has 1 aromatic heterocycles. The molecule has 49 valence electrons. The van der Waals surface area contributed by atoms with Crippen molar-refractivity contribution < 1.29 is 0 Å². The fourth-order valence-corrected chi connectivity index (χ4v) is 0.588. The van der Waals surface area contributed by atoms with E-state index in [1.54, 1.807) is 0 Å². The van der Waals surface area contributed by atoms with Crippen LogP contribution < -0.4 is 5.56 Å². The first kappa shape index (κ1) is 10.5. The van der Waals surface area contributed by atoms with Crippen LogP contribution in [0.25, 0.3) is 0 Å². The summed E-state index contributed by atoms with van der Waals surface area (Å²) >= 11 is 10.6. The average molecular weight is 188 g/mol. The van der Waals surface area contributed by atoms with Gasteiger partial charge in [0.2, 0.25) is 5.28 Å². The van der Waals surface area contributed by atoms with Gasteiger partial charge in [-0.3, -0.25) is 9.78 Å². The van der Waals surface area contributed by atoms with Gasteiger partial charge in [-0.2, -0.15) is 0 Å². The van der Waals surface area contributed by atoms with Crippen LogP contribution >= 0.6 is 23.2 Å². The molecule has 0 aliphatic rings. The Balaban J connectivity index is 0.000000810. The number of nitrogens with one attached hydrogen (secondary N) is 1. The summed E-state index contributed by atoms with van der Waals surface area (Å²) in [7, 11) is 0. The van der Waals surface area contributed by atoms with Crippen molar-refractivity contribution in [3.05, 3.63) is 26.9 Å². The Labute approximate surface area is 89.1 Å². The van der Waals surface area contributed by atoms with E-state index in [9.17, 15) is 4.79 Å². The number of hydrogen-bond donors (Lipinski definition) is 1. The fourth-order valence-electron chi connectivity index (χ4n) is 0.358. The number of hydrogen-bond acceptors (Lipinski definition) is 2. The summed E-state index contributed by atoms with van der Waals surface area (Å²) in [6.45, 7) is 0. The van der Waals surface area contributed by atoms with Crippen LogP contribution in [0.15, 0.2) is 11.0 Å². The minimum absolute atomic E-state index is 0. The molecule has 6 heteroatoms. The van der Waals surface area contributed by atoms with Crippen LogP contribution in [0, 0.1) is 0 Å². The number of nitrogens with zero attached hydrogens (tertiary/aromatic N) is 1. The van der Waals surface area contributed by atoms with E-state index in [1.807, 2.05) is 0 Å². The third-order valence-corrected chi connectivity index (χ3v) is 1.19. The maximum Gasteiger partial charge on any atom is 0.270 e. The molecule has 0 saturated heterocycles. The number of aromatic amines is 1. The first-order chi connectivity index (χ1) is 4.20. The molecule has 3 nitrogen and oxygen atoms in total. The van der Waals surface area contributed by atoms with Gasteiger partial charge >= 0.3 is 0 Å². The van der Waals surface area contributed by atoms with Gasteiger partial charge in [-0.1, -0.05) is 11.6 Å². The second kappa shape index (κ2) is 4.36. The second-order valence-corrected chi connectivity index (χ2v) is 2.12. The third-order valence-electron chi connectivity index (χ3n) is 0.725. The Hall–Kier alpha value is 0.460. The molecule has 1 radical (unpaired) electrons. The minimum atomic E-state index is -0.420. The zero-order valence-corrected chi connectivity index (χ0v) is 8.70. The molecule has 0 fully saturated rings. The molecule has 0 unspecified atom stereocenters. The van der Waals surface area contributed by atoms with Gasteiger partial charge in [-0.05, 0) is 11.6 Å². The van der Waals surface area contributed by atoms with Crippen LogP contribution in [0.2, 0.25) is 10.3 Å². The standard InChI is InChI=1S/C4H2Cl2N2O.Na/c5-2-1-7-4(6)8-3(2)9;/h1H,(H,7,8,9);. The van der Waals surface area contributed by atoms with E-state index in [1.165, 1.54) is 6.20 Å². The van der Waals surface area contributed by atoms with Crippen LogP contribution in [0.4, 0.5) is 0 Å². The Morgan fingerprint density at radius 1 is 1.50 bits per heavy atom. The van der Waals surface area contributed by atoms with E-state index in [-0.39, 0.29) is 39.9 Å². The van der Waals surface area contributed by atoms with E-state index in [0.29, 0.717) is 0 Å². The summed E-state index contributed by atoms with van der Waals surface area (Å²) in [6, 6.07) is 0. The molecule has 1 rings (SSSR count). The van der Waals surface area contributed by atoms with Crippen LogP contribution in [0.5, 0.6) is 0 Å². The average Bonchev–Trinajstić information content (AvgIpc) is 1.80. The van der Waals surface area contributed by atoms with Gasteiger partial charge < -0.3 is 0 Å². The SMILES string of the molecule is O=c1[nH]c(Cl)ncc1Cl.[Na]. The van der Waals surface area contributed by atoms with Crippen molar-refractivity contribution in [1.82, 2.24) is 9.97 Å². The third kappa shape index (κ3) is 2.60. The normalized spacial score (nSPS) is 8.60. The van der Waals surface area contributed by atoms with Crippen molar-refractivity contribution in [3.8, 4) is 0 Å². The summed E-state index contributed by atoms with van der Waals surface area (Å²) < 4.78 is 0. The summed E-state index contributed by atoms with van der Waals surface area (Å²) in [5, 5.41) is 0.0869. The smallest absolute Gasteiger partial charge is 0.270 e. The van der Waals surface area contributed by atoms with E-state index in [4.69, 9.17) is 23.2 Å². The predicted molar refractivity (Wildman–Crippen MR) is 40.6 cm³/mol. The summed E-state index contributed by atoms with van der Waals surface area (Å²) in [6.07, 6.45) is 1.20. The molecule has 0 aliphatic heterocycles. The Bertz CT molecular complexity index is 274. The van der Waals surface area contributed by atoms with Crippen molar-refractivity contribution in [1.29, 1.82) is 0 Å². The molecule has 10 heavy (non-hydrogen) atoms. The van der Waals surface area contributed by atoms with Gasteiger partial charge in [0, 0.05) is 29.6 Å². The summed E-state index contributed by atoms with van der Waals surface area (Å²) in [5.41, 5.74) is -0.420. The van der Waals surface area contributed by atoms with Crippen LogP contribution in [0.3, 0.4) is 0 Å². The van der Waals surface area contributed by atoms with Gasteiger partial charge in [0.15, 0.2) is 0 Å². The molecule has 0 aromatic carbocycles. The molecule has 0 spiro atoms. The van der Waals surface area contributed by atoms with Crippen molar-refractivity contribution in [2.45, 2.75) is 0 Å². The molecule has 0 aliphatic carbocycles. The van der Waals surface area contributed by atoms with Crippen molar-refractivity contribution in [3.63, 3.8) is 0 Å². The van der Waals surface area contributed by atoms with E-state index >= 15 is 0 Å². The zero-order chi connectivity index (χ0) is 6.85. The molecular weight excluding hydrogens is 186 g/mol. The molecule has 1 N–H and O–H groups in total. The van der Waals surface area contributed by atoms with Crippen LogP contribution in [-0.4, -0.2) is 39.5 Å². The Morgan fingerprint density at radius 2 is 2.10 bits per heavy atom. The molecule has 0 amide bonds. The van der Waals surface area contributed by atoms with Crippen LogP contribution in [0.1, 0.15) is 0 Å². The van der Waals surface area contributed by atoms with Crippen molar-refractivity contribution in [2.75, 3.05) is 0 Å². The molecule has 0 atom stereocenters. The Morgan fingerprint density at radius 3 is 2.50 bits per heavy atom. The van der Waals surface area contributed by atoms with Crippen molar-refractivity contribution >= 4 is 52.8 Å². The minimum Gasteiger partial charge on any atom is -0.296 e. The number of rotatable bonds is 0. The van der Waals surface area contributed by atoms with E-state index in [2.05, 4.69) is 9.97 Å². The first-order valence-corrected chi connectivity index (χ1v) is 2.86. The molecular formula is C4H2Cl2N2NaO. The summed E-state index contributed by atoms with van der Waals surface area (Å²) in [5.74, 6) is 0. The van der Waals surface area contributed by atoms with Gasteiger partial charge in [0.1, 0.15) is 5.02 Å². The molecule has 1 aromatic rings. The zero-order valence-electron chi connectivity index (χ0n) is 5.19. The Kier molecular flexibility index (Phi) is 4.56. The maximum atomic E-state index is 10.5. The molecule has 1 heterocycles. The fraction of sp³-hybridized carbons (Fsp3) is 0. The van der Waals surface area contributed by atoms with Crippen molar-refractivity contribution in [2.24, 2.45) is 0 Å². The van der Waals surface area contributed by atoms with E-state index in [0.717, 1.165) is 0 Å². The predicted octanol–water partition coefficient (Wildman–Crippen LogP) is 0.696. The molecule has 0 saturated carbocycles. The number of halogens is 2. The largest absolute Gasteiger partial charge is 0.296 e.